The molecule has 5 N–H and O–H groups in total. The molecule has 0 radical (unpaired) electrons. The molecule has 0 bridgehead atoms. The summed E-state index contributed by atoms with van der Waals surface area (Å²) in [5, 5.41) is 17.8. The Balaban J connectivity index is 3.02. The van der Waals surface area contributed by atoms with E-state index in [1.54, 1.807) is 6.07 Å². The second-order valence-corrected chi connectivity index (χ2v) is 4.35. The number of halogens is 1. The van der Waals surface area contributed by atoms with Gasteiger partial charge in [-0.05, 0) is 22.0 Å². The summed E-state index contributed by atoms with van der Waals surface area (Å²) in [5.41, 5.74) is 2.61. The third-order valence-electron chi connectivity index (χ3n) is 2.25. The zero-order valence-electron chi connectivity index (χ0n) is 9.64. The number of amides is 1. The lowest BCUT2D eigenvalue weighted by atomic mass is 10.2. The Morgan fingerprint density at radius 2 is 2.06 bits per heavy atom. The van der Waals surface area contributed by atoms with E-state index in [0.29, 0.717) is 4.47 Å². The normalized spacial score (nSPS) is 10.2. The van der Waals surface area contributed by atoms with Gasteiger partial charge in [0, 0.05) is 23.8 Å². The smallest absolute Gasteiger partial charge is 0.257 e. The summed E-state index contributed by atoms with van der Waals surface area (Å²) in [4.78, 5) is 17.5. The van der Waals surface area contributed by atoms with Gasteiger partial charge in [-0.2, -0.15) is 0 Å². The van der Waals surface area contributed by atoms with E-state index in [-0.39, 0.29) is 43.6 Å². The van der Waals surface area contributed by atoms with Crippen LogP contribution in [0.5, 0.6) is 0 Å². The number of nitrogens with two attached hydrogens (primary N) is 1. The second-order valence-electron chi connectivity index (χ2n) is 3.43. The lowest BCUT2D eigenvalue weighted by molar-refractivity contribution is 0.0685. The van der Waals surface area contributed by atoms with Gasteiger partial charge in [-0.3, -0.25) is 4.79 Å². The minimum Gasteiger partial charge on any atom is -0.395 e. The van der Waals surface area contributed by atoms with Gasteiger partial charge in [-0.25, -0.2) is 10.8 Å². The fraction of sp³-hybridized carbons (Fsp3) is 0.400. The number of nitrogens with one attached hydrogen (secondary N) is 1. The number of nitrogens with zero attached hydrogens (tertiary/aromatic N) is 2. The topological polar surface area (TPSA) is 112 Å². The molecule has 0 spiro atoms. The second kappa shape index (κ2) is 7.27. The number of carbonyl (C=O) groups is 1. The van der Waals surface area contributed by atoms with Gasteiger partial charge >= 0.3 is 0 Å². The van der Waals surface area contributed by atoms with Crippen molar-refractivity contribution in [1.82, 2.24) is 9.88 Å². The first-order valence-electron chi connectivity index (χ1n) is 5.27. The van der Waals surface area contributed by atoms with Gasteiger partial charge in [-0.1, -0.05) is 0 Å². The van der Waals surface area contributed by atoms with Crippen LogP contribution in [0.25, 0.3) is 0 Å². The fourth-order valence-electron chi connectivity index (χ4n) is 1.44. The highest BCUT2D eigenvalue weighted by Crippen LogP contribution is 2.19. The molecule has 1 rings (SSSR count). The maximum atomic E-state index is 12.2. The third kappa shape index (κ3) is 3.64. The van der Waals surface area contributed by atoms with E-state index in [1.807, 2.05) is 0 Å². The summed E-state index contributed by atoms with van der Waals surface area (Å²) in [6, 6.07) is 1.58. The van der Waals surface area contributed by atoms with E-state index in [1.165, 1.54) is 11.1 Å². The Bertz CT molecular complexity index is 410. The van der Waals surface area contributed by atoms with Gasteiger partial charge < -0.3 is 20.5 Å². The number of hydrogen-bond donors (Lipinski definition) is 4. The zero-order chi connectivity index (χ0) is 13.5. The summed E-state index contributed by atoms with van der Waals surface area (Å²) in [5.74, 6) is 5.17. The molecule has 100 valence electrons. The quantitative estimate of drug-likeness (QED) is 0.418. The lowest BCUT2D eigenvalue weighted by Gasteiger charge is -2.21. The predicted molar refractivity (Wildman–Crippen MR) is 69.8 cm³/mol. The maximum absolute atomic E-state index is 12.2. The third-order valence-corrected chi connectivity index (χ3v) is 2.68. The summed E-state index contributed by atoms with van der Waals surface area (Å²) < 4.78 is 0.637. The molecule has 1 aromatic heterocycles. The molecule has 0 aliphatic heterocycles. The van der Waals surface area contributed by atoms with Crippen LogP contribution in [0.1, 0.15) is 10.4 Å². The van der Waals surface area contributed by atoms with Crippen molar-refractivity contribution in [3.63, 3.8) is 0 Å². The van der Waals surface area contributed by atoms with Gasteiger partial charge in [0.15, 0.2) is 5.82 Å². The molecule has 0 aliphatic rings. The van der Waals surface area contributed by atoms with Crippen LogP contribution in [-0.2, 0) is 0 Å². The molecule has 0 saturated heterocycles. The number of aliphatic hydroxyl groups excluding tert-OH is 2. The molecule has 1 heterocycles. The Morgan fingerprint density at radius 1 is 1.44 bits per heavy atom. The molecule has 7 nitrogen and oxygen atoms in total. The molecule has 0 fully saturated rings. The van der Waals surface area contributed by atoms with E-state index in [4.69, 9.17) is 16.1 Å². The Kier molecular flexibility index (Phi) is 5.99. The van der Waals surface area contributed by atoms with Crippen molar-refractivity contribution in [3.8, 4) is 0 Å². The van der Waals surface area contributed by atoms with Crippen molar-refractivity contribution < 1.29 is 15.0 Å². The maximum Gasteiger partial charge on any atom is 0.257 e. The molecule has 1 amide bonds. The van der Waals surface area contributed by atoms with Crippen molar-refractivity contribution in [2.45, 2.75) is 0 Å². The lowest BCUT2D eigenvalue weighted by Crippen LogP contribution is -2.36. The molecule has 0 aliphatic carbocycles. The highest BCUT2D eigenvalue weighted by Gasteiger charge is 2.19. The first-order chi connectivity index (χ1) is 8.63. The zero-order valence-corrected chi connectivity index (χ0v) is 11.2. The van der Waals surface area contributed by atoms with E-state index in [9.17, 15) is 4.79 Å². The highest BCUT2D eigenvalue weighted by molar-refractivity contribution is 9.10. The first-order valence-corrected chi connectivity index (χ1v) is 6.06. The van der Waals surface area contributed by atoms with Crippen LogP contribution in [0.4, 0.5) is 5.82 Å². The van der Waals surface area contributed by atoms with Crippen LogP contribution in [0.3, 0.4) is 0 Å². The molecule has 0 saturated carbocycles. The average molecular weight is 319 g/mol. The summed E-state index contributed by atoms with van der Waals surface area (Å²) in [7, 11) is 0. The van der Waals surface area contributed by atoms with Gasteiger partial charge in [0.25, 0.3) is 5.91 Å². The number of carbonyl (C=O) groups excluding carboxylic acids is 1. The van der Waals surface area contributed by atoms with Crippen LogP contribution >= 0.6 is 15.9 Å². The van der Waals surface area contributed by atoms with Crippen molar-refractivity contribution in [3.05, 3.63) is 22.3 Å². The van der Waals surface area contributed by atoms with Crippen molar-refractivity contribution >= 4 is 27.7 Å². The molecule has 8 heteroatoms. The monoisotopic (exact) mass is 318 g/mol. The van der Waals surface area contributed by atoms with Crippen LogP contribution in [0.15, 0.2) is 16.7 Å². The number of aromatic nitrogens is 1. The number of nitrogen functional groups attached to an aromatic ring is 1. The highest BCUT2D eigenvalue weighted by atomic mass is 79.9. The summed E-state index contributed by atoms with van der Waals surface area (Å²) in [6.45, 7) is -0.0943. The molecule has 1 aromatic rings. The van der Waals surface area contributed by atoms with Crippen molar-refractivity contribution in [1.29, 1.82) is 0 Å². The van der Waals surface area contributed by atoms with E-state index in [2.05, 4.69) is 26.3 Å². The van der Waals surface area contributed by atoms with Crippen LogP contribution in [0, 0.1) is 0 Å². The Hall–Kier alpha value is -1.22. The molecule has 0 atom stereocenters. The van der Waals surface area contributed by atoms with Crippen LogP contribution < -0.4 is 11.3 Å². The minimum absolute atomic E-state index is 0.135. The van der Waals surface area contributed by atoms with Crippen molar-refractivity contribution in [2.24, 2.45) is 5.84 Å². The Labute approximate surface area is 113 Å². The van der Waals surface area contributed by atoms with Crippen LogP contribution in [0.2, 0.25) is 0 Å². The average Bonchev–Trinajstić information content (AvgIpc) is 2.37. The standard InChI is InChI=1S/C10H15BrN4O3/c11-7-5-8(9(14-12)13-6-7)10(18)15(1-3-16)2-4-17/h5-6,16-17H,1-4,12H2,(H,13,14). The number of pyridine rings is 1. The molecular weight excluding hydrogens is 304 g/mol. The number of hydrogen-bond acceptors (Lipinski definition) is 6. The van der Waals surface area contributed by atoms with E-state index >= 15 is 0 Å². The largest absolute Gasteiger partial charge is 0.395 e. The van der Waals surface area contributed by atoms with Gasteiger partial charge in [-0.15, -0.1) is 0 Å². The fourth-order valence-corrected chi connectivity index (χ4v) is 1.78. The van der Waals surface area contributed by atoms with Crippen LogP contribution in [-0.4, -0.2) is 52.3 Å². The molecule has 18 heavy (non-hydrogen) atoms. The minimum atomic E-state index is -0.361. The number of anilines is 1. The van der Waals surface area contributed by atoms with Gasteiger partial charge in [0.2, 0.25) is 0 Å². The Morgan fingerprint density at radius 3 is 2.56 bits per heavy atom. The van der Waals surface area contributed by atoms with Crippen molar-refractivity contribution in [2.75, 3.05) is 31.7 Å². The number of rotatable bonds is 6. The number of hydrazine groups is 1. The van der Waals surface area contributed by atoms with Gasteiger partial charge in [0.1, 0.15) is 0 Å². The van der Waals surface area contributed by atoms with E-state index < -0.39 is 0 Å². The summed E-state index contributed by atoms with van der Waals surface area (Å²) >= 11 is 3.22. The van der Waals surface area contributed by atoms with Gasteiger partial charge in [0.05, 0.1) is 18.8 Å². The SMILES string of the molecule is NNc1ncc(Br)cc1C(=O)N(CCO)CCO. The van der Waals surface area contributed by atoms with E-state index in [0.717, 1.165) is 0 Å². The summed E-state index contributed by atoms with van der Waals surface area (Å²) in [6.07, 6.45) is 1.51. The molecule has 0 unspecified atom stereocenters. The first kappa shape index (κ1) is 14.8. The molecular formula is C10H15BrN4O3. The number of aliphatic hydroxyl groups is 2. The predicted octanol–water partition coefficient (Wildman–Crippen LogP) is -0.444. The molecule has 0 aromatic carbocycles.